The minimum Gasteiger partial charge on any atom is -0.543 e. The first-order valence-corrected chi connectivity index (χ1v) is 15.3. The number of hydrogen-bond donors (Lipinski definition) is 0. The number of esters is 2. The van der Waals surface area contributed by atoms with Gasteiger partial charge in [-0.05, 0) is 54.5 Å². The molecule has 0 aliphatic heterocycles. The molecule has 9 heteroatoms. The van der Waals surface area contributed by atoms with Crippen molar-refractivity contribution in [1.82, 2.24) is 9.97 Å². The highest BCUT2D eigenvalue weighted by Crippen LogP contribution is 2.37. The van der Waals surface area contributed by atoms with Gasteiger partial charge in [-0.1, -0.05) is 32.9 Å². The van der Waals surface area contributed by atoms with Gasteiger partial charge in [-0.25, -0.2) is 19.6 Å². The molecule has 38 heavy (non-hydrogen) atoms. The van der Waals surface area contributed by atoms with Gasteiger partial charge in [0.1, 0.15) is 36.1 Å². The zero-order valence-electron chi connectivity index (χ0n) is 22.5. The van der Waals surface area contributed by atoms with Gasteiger partial charge in [-0.15, -0.1) is 0 Å². The number of pyridine rings is 2. The lowest BCUT2D eigenvalue weighted by atomic mass is 10.2. The Kier molecular flexibility index (Phi) is 7.68. The van der Waals surface area contributed by atoms with Crippen LogP contribution < -0.4 is 9.16 Å². The molecule has 0 atom stereocenters. The van der Waals surface area contributed by atoms with Crippen LogP contribution in [0.25, 0.3) is 21.8 Å². The molecule has 0 aliphatic carbocycles. The maximum absolute atomic E-state index is 12.6. The fourth-order valence-corrected chi connectivity index (χ4v) is 4.52. The van der Waals surface area contributed by atoms with E-state index in [-0.39, 0.29) is 29.6 Å². The van der Waals surface area contributed by atoms with E-state index in [9.17, 15) is 9.59 Å². The first kappa shape index (κ1) is 27.1. The minimum absolute atomic E-state index is 0.0424. The van der Waals surface area contributed by atoms with Gasteiger partial charge in [0.25, 0.3) is 0 Å². The van der Waals surface area contributed by atoms with Crippen LogP contribution in [0.4, 0.5) is 0 Å². The average molecular weight is 533 g/mol. The molecule has 0 bridgehead atoms. The number of rotatable bonds is 8. The van der Waals surface area contributed by atoms with Crippen LogP contribution in [-0.2, 0) is 9.47 Å². The lowest BCUT2D eigenvalue weighted by molar-refractivity contribution is 0.0444. The van der Waals surface area contributed by atoms with Gasteiger partial charge in [-0.2, -0.15) is 0 Å². The van der Waals surface area contributed by atoms with Crippen molar-refractivity contribution in [2.75, 3.05) is 20.3 Å². The number of benzene rings is 2. The van der Waals surface area contributed by atoms with Crippen LogP contribution >= 0.6 is 0 Å². The minimum atomic E-state index is -2.00. The van der Waals surface area contributed by atoms with Crippen LogP contribution in [0, 0.1) is 0 Å². The van der Waals surface area contributed by atoms with Gasteiger partial charge in [0, 0.05) is 22.9 Å². The molecule has 0 spiro atoms. The Hall–Kier alpha value is -3.98. The van der Waals surface area contributed by atoms with E-state index in [2.05, 4.69) is 43.8 Å². The van der Waals surface area contributed by atoms with E-state index in [0.717, 1.165) is 16.5 Å². The number of carbonyl (C=O) groups is 2. The molecule has 0 radical (unpaired) electrons. The normalized spacial score (nSPS) is 11.8. The molecule has 2 aromatic carbocycles. The molecule has 2 heterocycles. The molecular formula is C29H32N2O6Si. The van der Waals surface area contributed by atoms with E-state index in [1.165, 1.54) is 7.11 Å². The predicted octanol–water partition coefficient (Wildman–Crippen LogP) is 6.19. The van der Waals surface area contributed by atoms with Crippen molar-refractivity contribution in [2.45, 2.75) is 38.9 Å². The summed E-state index contributed by atoms with van der Waals surface area (Å²) in [4.78, 5) is 33.2. The Morgan fingerprint density at radius 3 is 1.87 bits per heavy atom. The number of fused-ring (bicyclic) bond motifs is 2. The summed E-state index contributed by atoms with van der Waals surface area (Å²) in [5.41, 5.74) is 1.70. The lowest BCUT2D eigenvalue weighted by Crippen LogP contribution is -2.43. The summed E-state index contributed by atoms with van der Waals surface area (Å²) >= 11 is 0. The largest absolute Gasteiger partial charge is 0.543 e. The monoisotopic (exact) mass is 532 g/mol. The molecule has 0 N–H and O–H groups in total. The van der Waals surface area contributed by atoms with Gasteiger partial charge in [0.15, 0.2) is 0 Å². The highest BCUT2D eigenvalue weighted by molar-refractivity contribution is 6.74. The molecule has 2 aromatic heterocycles. The molecular weight excluding hydrogens is 500 g/mol. The van der Waals surface area contributed by atoms with E-state index >= 15 is 0 Å². The van der Waals surface area contributed by atoms with E-state index < -0.39 is 20.3 Å². The fraction of sp³-hybridized carbons (Fsp3) is 0.310. The third-order valence-electron chi connectivity index (χ3n) is 6.70. The number of nitrogens with zero attached hydrogens (tertiary/aromatic N) is 2. The smallest absolute Gasteiger partial charge is 0.357 e. The van der Waals surface area contributed by atoms with E-state index in [1.54, 1.807) is 30.3 Å². The number of ether oxygens (including phenoxy) is 3. The Morgan fingerprint density at radius 1 is 0.763 bits per heavy atom. The molecule has 0 unspecified atom stereocenters. The van der Waals surface area contributed by atoms with E-state index in [4.69, 9.17) is 18.6 Å². The zero-order valence-corrected chi connectivity index (χ0v) is 23.5. The first-order valence-electron chi connectivity index (χ1n) is 12.4. The topological polar surface area (TPSA) is 96.8 Å². The molecule has 0 aliphatic rings. The second-order valence-electron chi connectivity index (χ2n) is 10.4. The molecule has 0 amide bonds. The Bertz CT molecular complexity index is 1500. The Balaban J connectivity index is 1.37. The van der Waals surface area contributed by atoms with Crippen LogP contribution in [-0.4, -0.2) is 50.5 Å². The van der Waals surface area contributed by atoms with Crippen LogP contribution in [0.5, 0.6) is 11.5 Å². The summed E-state index contributed by atoms with van der Waals surface area (Å²) in [7, 11) is -0.691. The predicted molar refractivity (Wildman–Crippen MR) is 148 cm³/mol. The molecule has 0 saturated carbocycles. The lowest BCUT2D eigenvalue weighted by Gasteiger charge is -2.36. The van der Waals surface area contributed by atoms with Crippen molar-refractivity contribution < 1.29 is 28.2 Å². The van der Waals surface area contributed by atoms with Gasteiger partial charge < -0.3 is 18.6 Å². The van der Waals surface area contributed by atoms with Gasteiger partial charge in [0.05, 0.1) is 18.1 Å². The van der Waals surface area contributed by atoms with Crippen molar-refractivity contribution in [3.8, 4) is 11.5 Å². The zero-order chi connectivity index (χ0) is 27.5. The number of carbonyl (C=O) groups excluding carboxylic acids is 2. The van der Waals surface area contributed by atoms with Crippen molar-refractivity contribution in [1.29, 1.82) is 0 Å². The third kappa shape index (κ3) is 6.11. The SMILES string of the molecule is COC(=O)c1ccc2ccc(OCCOC(=O)c3ccc4ccc(O[Si](C)(C)C(C)(C)C)cc4n3)cc2n1. The fourth-order valence-electron chi connectivity index (χ4n) is 3.49. The van der Waals surface area contributed by atoms with Crippen LogP contribution in [0.15, 0.2) is 60.7 Å². The van der Waals surface area contributed by atoms with Gasteiger partial charge >= 0.3 is 11.9 Å². The molecule has 0 saturated heterocycles. The maximum Gasteiger partial charge on any atom is 0.357 e. The van der Waals surface area contributed by atoms with Crippen LogP contribution in [0.3, 0.4) is 0 Å². The van der Waals surface area contributed by atoms with Crippen LogP contribution in [0.1, 0.15) is 41.7 Å². The highest BCUT2D eigenvalue weighted by Gasteiger charge is 2.39. The summed E-state index contributed by atoms with van der Waals surface area (Å²) in [5.74, 6) is 0.251. The second-order valence-corrected chi connectivity index (χ2v) is 15.2. The number of aromatic nitrogens is 2. The third-order valence-corrected chi connectivity index (χ3v) is 11.1. The Labute approximate surface area is 223 Å². The van der Waals surface area contributed by atoms with Crippen LogP contribution in [0.2, 0.25) is 18.1 Å². The van der Waals surface area contributed by atoms with Crippen molar-refractivity contribution in [3.63, 3.8) is 0 Å². The molecule has 8 nitrogen and oxygen atoms in total. The summed E-state index contributed by atoms with van der Waals surface area (Å²) in [5, 5.41) is 1.84. The van der Waals surface area contributed by atoms with Crippen molar-refractivity contribution in [2.24, 2.45) is 0 Å². The number of methoxy groups -OCH3 is 1. The Morgan fingerprint density at radius 2 is 1.29 bits per heavy atom. The summed E-state index contributed by atoms with van der Waals surface area (Å²) in [6.45, 7) is 11.1. The number of hydrogen-bond acceptors (Lipinski definition) is 8. The quantitative estimate of drug-likeness (QED) is 0.151. The van der Waals surface area contributed by atoms with E-state index in [1.807, 2.05) is 30.3 Å². The molecule has 4 rings (SSSR count). The molecule has 0 fully saturated rings. The van der Waals surface area contributed by atoms with Crippen molar-refractivity contribution >= 4 is 42.1 Å². The standard InChI is InChI=1S/C29H32N2O6Si/c1-29(2,3)38(5,6)37-22-12-8-20-10-14-24(31-26(20)18-22)28(33)36-16-15-35-21-11-7-19-9-13-23(27(32)34-4)30-25(19)17-21/h7-14,17-18H,15-16H2,1-6H3. The highest BCUT2D eigenvalue weighted by atomic mass is 28.4. The first-order chi connectivity index (χ1) is 18.0. The molecule has 4 aromatic rings. The van der Waals surface area contributed by atoms with E-state index in [0.29, 0.717) is 16.8 Å². The van der Waals surface area contributed by atoms with Gasteiger partial charge in [-0.3, -0.25) is 0 Å². The maximum atomic E-state index is 12.6. The summed E-state index contributed by atoms with van der Waals surface area (Å²) in [6, 6.07) is 18.0. The second kappa shape index (κ2) is 10.8. The summed E-state index contributed by atoms with van der Waals surface area (Å²) in [6.07, 6.45) is 0. The van der Waals surface area contributed by atoms with Gasteiger partial charge in [0.2, 0.25) is 8.32 Å². The average Bonchev–Trinajstić information content (AvgIpc) is 2.88. The van der Waals surface area contributed by atoms with Crippen molar-refractivity contribution in [3.05, 3.63) is 72.1 Å². The summed E-state index contributed by atoms with van der Waals surface area (Å²) < 4.78 is 22.2. The molecule has 198 valence electrons.